The minimum Gasteiger partial charge on any atom is -0.289 e. The zero-order chi connectivity index (χ0) is 21.0. The smallest absolute Gasteiger partial charge is 0.280 e. The average Bonchev–Trinajstić information content (AvgIpc) is 2.73. The van der Waals surface area contributed by atoms with Gasteiger partial charge >= 0.3 is 0 Å². The molecule has 10 heteroatoms. The number of carbonyl (C=O) groups is 1. The monoisotopic (exact) mass is 423 g/mol. The molecule has 0 aromatic heterocycles. The van der Waals surface area contributed by atoms with E-state index in [1.807, 2.05) is 0 Å². The van der Waals surface area contributed by atoms with Crippen LogP contribution in [-0.2, 0) is 15.0 Å². The molecule has 29 heavy (non-hydrogen) atoms. The maximum atomic E-state index is 13.1. The second-order valence-corrected chi connectivity index (χ2v) is 8.13. The Balaban J connectivity index is 1.76. The molecule has 2 aromatic rings. The third-order valence-electron chi connectivity index (χ3n) is 4.57. The summed E-state index contributed by atoms with van der Waals surface area (Å²) in [5, 5.41) is 8.95. The van der Waals surface area contributed by atoms with Crippen LogP contribution in [0, 0.1) is 11.6 Å². The maximum Gasteiger partial charge on any atom is 0.280 e. The van der Waals surface area contributed by atoms with E-state index in [2.05, 4.69) is 4.72 Å². The van der Waals surface area contributed by atoms with Gasteiger partial charge in [0.25, 0.3) is 16.1 Å². The summed E-state index contributed by atoms with van der Waals surface area (Å²) in [6.07, 6.45) is 2.12. The fraction of sp³-hybridized carbons (Fsp3) is 0.211. The molecule has 3 rings (SSSR count). The topological polar surface area (TPSA) is 98.7 Å². The van der Waals surface area contributed by atoms with Gasteiger partial charge in [0.1, 0.15) is 17.7 Å². The fourth-order valence-electron chi connectivity index (χ4n) is 3.01. The number of rotatable bonds is 6. The summed E-state index contributed by atoms with van der Waals surface area (Å²) in [4.78, 5) is 12.0. The maximum absolute atomic E-state index is 13.1. The second-order valence-electron chi connectivity index (χ2n) is 6.43. The first-order valence-corrected chi connectivity index (χ1v) is 10.2. The van der Waals surface area contributed by atoms with E-state index in [1.54, 1.807) is 18.2 Å². The molecule has 0 aliphatic carbocycles. The Bertz CT molecular complexity index is 1010. The van der Waals surface area contributed by atoms with Crippen molar-refractivity contribution in [1.29, 1.82) is 0 Å². The number of halogens is 2. The van der Waals surface area contributed by atoms with Crippen molar-refractivity contribution in [2.45, 2.75) is 12.5 Å². The normalized spacial score (nSPS) is 16.2. The van der Waals surface area contributed by atoms with Crippen molar-refractivity contribution < 1.29 is 27.2 Å². The van der Waals surface area contributed by atoms with Gasteiger partial charge in [0, 0.05) is 13.1 Å². The highest BCUT2D eigenvalue weighted by Gasteiger charge is 2.31. The summed E-state index contributed by atoms with van der Waals surface area (Å²) in [7, 11) is -4.10. The molecule has 0 radical (unpaired) electrons. The number of nitrogens with zero attached hydrogens (tertiary/aromatic N) is 1. The van der Waals surface area contributed by atoms with Crippen molar-refractivity contribution in [3.8, 4) is 0 Å². The Labute approximate surface area is 166 Å². The van der Waals surface area contributed by atoms with E-state index < -0.39 is 28.0 Å². The molecule has 0 unspecified atom stereocenters. The lowest BCUT2D eigenvalue weighted by molar-refractivity contribution is -0.131. The van der Waals surface area contributed by atoms with Gasteiger partial charge in [-0.25, -0.2) is 14.3 Å². The highest BCUT2D eigenvalue weighted by Crippen LogP contribution is 2.24. The number of hydrogen-bond donors (Lipinski definition) is 3. The molecule has 2 aromatic carbocycles. The molecule has 1 aliphatic heterocycles. The van der Waals surface area contributed by atoms with Gasteiger partial charge < -0.3 is 0 Å². The number of carbonyl (C=O) groups excluding carboxylic acids is 1. The van der Waals surface area contributed by atoms with Gasteiger partial charge in [0.05, 0.1) is 0 Å². The minimum atomic E-state index is -4.10. The number of amides is 1. The Morgan fingerprint density at radius 2 is 1.62 bits per heavy atom. The van der Waals surface area contributed by atoms with Crippen LogP contribution in [0.4, 0.5) is 8.78 Å². The number of hydrogen-bond acceptors (Lipinski definition) is 4. The van der Waals surface area contributed by atoms with Crippen LogP contribution in [0.15, 0.2) is 54.6 Å². The van der Waals surface area contributed by atoms with E-state index in [0.717, 1.165) is 27.6 Å². The molecule has 1 amide bonds. The first-order chi connectivity index (χ1) is 13.8. The quantitative estimate of drug-likeness (QED) is 0.490. The van der Waals surface area contributed by atoms with Gasteiger partial charge in [0.2, 0.25) is 0 Å². The zero-order valence-corrected chi connectivity index (χ0v) is 16.0. The first-order valence-electron chi connectivity index (χ1n) is 8.72. The van der Waals surface area contributed by atoms with Gasteiger partial charge in [-0.1, -0.05) is 30.3 Å². The van der Waals surface area contributed by atoms with Crippen LogP contribution in [-0.4, -0.2) is 36.9 Å². The Hall–Kier alpha value is -2.66. The van der Waals surface area contributed by atoms with Crippen LogP contribution >= 0.6 is 0 Å². The van der Waals surface area contributed by atoms with Gasteiger partial charge in [-0.3, -0.25) is 10.0 Å². The molecule has 0 fully saturated rings. The SMILES string of the molecule is O=C(NO)[C@H](NS(=O)(=O)N1CC=C(c2ccc(F)cc2)CC1)c1ccc(F)cc1. The highest BCUT2D eigenvalue weighted by atomic mass is 32.2. The van der Waals surface area contributed by atoms with E-state index in [4.69, 9.17) is 5.21 Å². The second kappa shape index (κ2) is 8.78. The molecule has 7 nitrogen and oxygen atoms in total. The molecule has 0 bridgehead atoms. The van der Waals surface area contributed by atoms with E-state index >= 15 is 0 Å². The van der Waals surface area contributed by atoms with Gasteiger partial charge in [-0.05, 0) is 47.4 Å². The largest absolute Gasteiger partial charge is 0.289 e. The summed E-state index contributed by atoms with van der Waals surface area (Å²) < 4.78 is 55.1. The summed E-state index contributed by atoms with van der Waals surface area (Å²) in [6, 6.07) is 9.15. The molecule has 1 heterocycles. The first kappa shape index (κ1) is 21.1. The lowest BCUT2D eigenvalue weighted by Gasteiger charge is -2.28. The summed E-state index contributed by atoms with van der Waals surface area (Å²) >= 11 is 0. The molecular weight excluding hydrogens is 404 g/mol. The minimum absolute atomic E-state index is 0.0545. The van der Waals surface area contributed by atoms with Gasteiger partial charge in [-0.2, -0.15) is 17.4 Å². The van der Waals surface area contributed by atoms with Gasteiger partial charge in [0.15, 0.2) is 0 Å². The van der Waals surface area contributed by atoms with Crippen LogP contribution in [0.5, 0.6) is 0 Å². The summed E-state index contributed by atoms with van der Waals surface area (Å²) in [5.41, 5.74) is 3.28. The fourth-order valence-corrected chi connectivity index (χ4v) is 4.30. The standard InChI is InChI=1S/C19H19F2N3O4S/c20-16-5-1-13(2-6-16)14-9-11-24(12-10-14)29(27,28)23-18(19(25)22-26)15-3-7-17(21)8-4-15/h1-9,18,23,26H,10-12H2,(H,22,25)/t18-/m1/s1. The average molecular weight is 423 g/mol. The number of hydroxylamine groups is 1. The van der Waals surface area contributed by atoms with E-state index in [0.29, 0.717) is 6.42 Å². The summed E-state index contributed by atoms with van der Waals surface area (Å²) in [6.45, 7) is 0.203. The van der Waals surface area contributed by atoms with E-state index in [-0.39, 0.29) is 24.5 Å². The predicted octanol–water partition coefficient (Wildman–Crippen LogP) is 2.13. The molecule has 0 saturated carbocycles. The Kier molecular flexibility index (Phi) is 6.38. The lowest BCUT2D eigenvalue weighted by atomic mass is 10.0. The third kappa shape index (κ3) is 5.04. The third-order valence-corrected chi connectivity index (χ3v) is 6.11. The Morgan fingerprint density at radius 3 is 2.14 bits per heavy atom. The van der Waals surface area contributed by atoms with E-state index in [9.17, 15) is 22.0 Å². The van der Waals surface area contributed by atoms with Crippen molar-refractivity contribution in [3.05, 3.63) is 77.4 Å². The van der Waals surface area contributed by atoms with Gasteiger partial charge in [-0.15, -0.1) is 0 Å². The van der Waals surface area contributed by atoms with Crippen LogP contribution in [0.25, 0.3) is 5.57 Å². The molecule has 0 spiro atoms. The Morgan fingerprint density at radius 1 is 1.03 bits per heavy atom. The number of benzene rings is 2. The molecular formula is C19H19F2N3O4S. The predicted molar refractivity (Wildman–Crippen MR) is 102 cm³/mol. The highest BCUT2D eigenvalue weighted by molar-refractivity contribution is 7.87. The molecule has 1 atom stereocenters. The van der Waals surface area contributed by atoms with E-state index in [1.165, 1.54) is 29.7 Å². The van der Waals surface area contributed by atoms with Crippen LogP contribution in [0.3, 0.4) is 0 Å². The van der Waals surface area contributed by atoms with Crippen molar-refractivity contribution in [2.24, 2.45) is 0 Å². The molecule has 1 aliphatic rings. The lowest BCUT2D eigenvalue weighted by Crippen LogP contribution is -2.47. The van der Waals surface area contributed by atoms with Crippen molar-refractivity contribution >= 4 is 21.7 Å². The molecule has 0 saturated heterocycles. The van der Waals surface area contributed by atoms with Crippen LogP contribution in [0.1, 0.15) is 23.6 Å². The van der Waals surface area contributed by atoms with Crippen molar-refractivity contribution in [2.75, 3.05) is 13.1 Å². The van der Waals surface area contributed by atoms with Crippen LogP contribution < -0.4 is 10.2 Å². The van der Waals surface area contributed by atoms with Crippen LogP contribution in [0.2, 0.25) is 0 Å². The van der Waals surface area contributed by atoms with Crippen molar-refractivity contribution in [1.82, 2.24) is 14.5 Å². The summed E-state index contributed by atoms with van der Waals surface area (Å²) in [5.74, 6) is -1.90. The number of nitrogens with one attached hydrogen (secondary N) is 2. The molecule has 154 valence electrons. The van der Waals surface area contributed by atoms with Crippen molar-refractivity contribution in [3.63, 3.8) is 0 Å². The zero-order valence-electron chi connectivity index (χ0n) is 15.2. The molecule has 3 N–H and O–H groups in total.